The minimum atomic E-state index is -2.17. The lowest BCUT2D eigenvalue weighted by Gasteiger charge is -1.90. The van der Waals surface area contributed by atoms with Gasteiger partial charge < -0.3 is 10.4 Å². The lowest BCUT2D eigenvalue weighted by molar-refractivity contribution is 0.196. The minimum Gasteiger partial charge on any atom is -0.392 e. The average molecular weight is 91.1 g/mol. The van der Waals surface area contributed by atoms with Crippen molar-refractivity contribution in [2.45, 2.75) is 12.5 Å². The van der Waals surface area contributed by atoms with Crippen LogP contribution in [0.2, 0.25) is 0 Å². The van der Waals surface area contributed by atoms with E-state index in [1.165, 1.54) is 0 Å². The quantitative estimate of drug-likeness (QED) is 0.415. The molecule has 1 fully saturated rings. The third-order valence-corrected chi connectivity index (χ3v) is 0.610. The van der Waals surface area contributed by atoms with Crippen LogP contribution >= 0.6 is 0 Å². The Labute approximate surface area is 42.8 Å². The van der Waals surface area contributed by atoms with Gasteiger partial charge in [0.1, 0.15) is 0 Å². The lowest BCUT2D eigenvalue weighted by Crippen LogP contribution is -2.11. The van der Waals surface area contributed by atoms with Crippen LogP contribution in [0.15, 0.2) is 0 Å². The first-order chi connectivity index (χ1) is 4.38. The summed E-state index contributed by atoms with van der Waals surface area (Å²) in [6.07, 6.45) is -4.33. The first kappa shape index (κ1) is 1.46. The van der Waals surface area contributed by atoms with Crippen molar-refractivity contribution >= 4 is 0 Å². The first-order valence-corrected chi connectivity index (χ1v) is 1.76. The van der Waals surface area contributed by atoms with Gasteiger partial charge in [-0.1, -0.05) is 0 Å². The summed E-state index contributed by atoms with van der Waals surface area (Å²) in [5.41, 5.74) is 0. The maximum atomic E-state index is 9.00. The molecule has 0 saturated carbocycles. The summed E-state index contributed by atoms with van der Waals surface area (Å²) >= 11 is 0. The number of hydrogen-bond acceptors (Lipinski definition) is 2. The van der Waals surface area contributed by atoms with Crippen LogP contribution in [0.4, 0.5) is 0 Å². The number of β-amino-alcohol motifs (C(OH)–C–C–N with tert-alkyl or cyclic N) is 1. The van der Waals surface area contributed by atoms with E-state index in [2.05, 4.69) is 5.32 Å². The van der Waals surface area contributed by atoms with Crippen molar-refractivity contribution in [1.82, 2.24) is 5.32 Å². The van der Waals surface area contributed by atoms with E-state index < -0.39 is 19.0 Å². The monoisotopic (exact) mass is 91.1 g/mol. The molecule has 6 heavy (non-hydrogen) atoms. The van der Waals surface area contributed by atoms with Gasteiger partial charge in [-0.25, -0.2) is 0 Å². The number of aliphatic hydroxyl groups is 1. The Kier molecular flexibility index (Phi) is 0.383. The fraction of sp³-hybridized carbons (Fsp3) is 1.00. The van der Waals surface area contributed by atoms with Crippen LogP contribution in [0, 0.1) is 0 Å². The Balaban J connectivity index is 2.84. The highest BCUT2D eigenvalue weighted by Gasteiger charge is 2.08. The summed E-state index contributed by atoms with van der Waals surface area (Å²) in [5, 5.41) is 11.4. The van der Waals surface area contributed by atoms with Gasteiger partial charge in [-0.3, -0.25) is 0 Å². The van der Waals surface area contributed by atoms with Crippen molar-refractivity contribution in [3.05, 3.63) is 0 Å². The summed E-state index contributed by atoms with van der Waals surface area (Å²) in [7, 11) is 0. The zero-order valence-corrected chi connectivity index (χ0v) is 3.23. The van der Waals surface area contributed by atoms with Gasteiger partial charge in [0.2, 0.25) is 0 Å². The van der Waals surface area contributed by atoms with Crippen LogP contribution in [-0.2, 0) is 0 Å². The summed E-state index contributed by atoms with van der Waals surface area (Å²) < 4.78 is 28.2. The standard InChI is InChI=1S/C4H9NO/c6-4-1-2-5-3-4/h4-6H,1-3H2/i1D2,2D,4D. The summed E-state index contributed by atoms with van der Waals surface area (Å²) in [5.74, 6) is 0. The second-order valence-electron chi connectivity index (χ2n) is 1.12. The van der Waals surface area contributed by atoms with Crippen molar-refractivity contribution < 1.29 is 10.6 Å². The van der Waals surface area contributed by atoms with E-state index in [1.54, 1.807) is 0 Å². The molecule has 0 spiro atoms. The van der Waals surface area contributed by atoms with Gasteiger partial charge in [-0.15, -0.1) is 0 Å². The molecule has 1 aliphatic heterocycles. The fourth-order valence-corrected chi connectivity index (χ4v) is 0.333. The van der Waals surface area contributed by atoms with Gasteiger partial charge in [0.15, 0.2) is 0 Å². The molecule has 0 radical (unpaired) electrons. The van der Waals surface area contributed by atoms with Gasteiger partial charge in [0.25, 0.3) is 0 Å². The summed E-state index contributed by atoms with van der Waals surface area (Å²) in [6, 6.07) is 0. The summed E-state index contributed by atoms with van der Waals surface area (Å²) in [4.78, 5) is 0. The third kappa shape index (κ3) is 0.698. The molecule has 1 heterocycles. The van der Waals surface area contributed by atoms with Crippen LogP contribution < -0.4 is 5.32 Å². The van der Waals surface area contributed by atoms with Crippen LogP contribution in [-0.4, -0.2) is 24.3 Å². The number of rotatable bonds is 0. The largest absolute Gasteiger partial charge is 0.392 e. The van der Waals surface area contributed by atoms with Gasteiger partial charge in [-0.05, 0) is 12.9 Å². The molecule has 1 aliphatic rings. The third-order valence-electron chi connectivity index (χ3n) is 0.610. The predicted molar refractivity (Wildman–Crippen MR) is 23.5 cm³/mol. The molecule has 1 saturated heterocycles. The zero-order valence-electron chi connectivity index (χ0n) is 7.23. The Bertz CT molecular complexity index is 148. The van der Waals surface area contributed by atoms with Crippen LogP contribution in [0.1, 0.15) is 11.9 Å². The Morgan fingerprint density at radius 1 is 2.17 bits per heavy atom. The molecule has 2 atom stereocenters. The maximum Gasteiger partial charge on any atom is 0.0676 e. The highest BCUT2D eigenvalue weighted by Crippen LogP contribution is 1.93. The molecule has 0 aromatic carbocycles. The molecule has 0 aromatic heterocycles. The molecule has 0 aliphatic carbocycles. The molecule has 2 N–H and O–H groups in total. The lowest BCUT2D eigenvalue weighted by atomic mass is 10.3. The van der Waals surface area contributed by atoms with Crippen LogP contribution in [0.25, 0.3) is 0 Å². The van der Waals surface area contributed by atoms with Crippen molar-refractivity contribution in [1.29, 1.82) is 0 Å². The van der Waals surface area contributed by atoms with Crippen LogP contribution in [0.5, 0.6) is 0 Å². The second kappa shape index (κ2) is 1.58. The SMILES string of the molecule is [2H]C1NCC([2H])(O)C1([2H])[2H]. The van der Waals surface area contributed by atoms with E-state index in [-0.39, 0.29) is 6.54 Å². The van der Waals surface area contributed by atoms with Crippen molar-refractivity contribution in [2.24, 2.45) is 0 Å². The van der Waals surface area contributed by atoms with E-state index in [9.17, 15) is 0 Å². The molecule has 2 unspecified atom stereocenters. The number of hydrogen-bond donors (Lipinski definition) is 2. The molecule has 36 valence electrons. The van der Waals surface area contributed by atoms with Crippen molar-refractivity contribution in [3.8, 4) is 0 Å². The molecule has 0 aromatic rings. The van der Waals surface area contributed by atoms with E-state index in [0.717, 1.165) is 0 Å². The molecule has 0 bridgehead atoms. The Morgan fingerprint density at radius 3 is 3.17 bits per heavy atom. The Morgan fingerprint density at radius 2 is 3.00 bits per heavy atom. The predicted octanol–water partition coefficient (Wildman–Crippen LogP) is -0.659. The van der Waals surface area contributed by atoms with E-state index in [4.69, 9.17) is 10.6 Å². The zero-order chi connectivity index (χ0) is 7.99. The molecule has 1 rings (SSSR count). The smallest absolute Gasteiger partial charge is 0.0676 e. The van der Waals surface area contributed by atoms with Gasteiger partial charge in [0, 0.05) is 10.7 Å². The minimum absolute atomic E-state index is 0.186. The molecule has 2 nitrogen and oxygen atoms in total. The highest BCUT2D eigenvalue weighted by atomic mass is 16.3. The molecular weight excluding hydrogens is 78.0 g/mol. The molecule has 0 amide bonds. The highest BCUT2D eigenvalue weighted by molar-refractivity contribution is 4.67. The summed E-state index contributed by atoms with van der Waals surface area (Å²) in [6.45, 7) is -1.39. The average Bonchev–Trinajstić information content (AvgIpc) is 1.94. The van der Waals surface area contributed by atoms with E-state index in [0.29, 0.717) is 0 Å². The molecular formula is C4H9NO. The molecule has 2 heteroatoms. The van der Waals surface area contributed by atoms with E-state index in [1.807, 2.05) is 0 Å². The first-order valence-electron chi connectivity index (χ1n) is 3.84. The van der Waals surface area contributed by atoms with Gasteiger partial charge >= 0.3 is 0 Å². The topological polar surface area (TPSA) is 32.3 Å². The van der Waals surface area contributed by atoms with E-state index >= 15 is 0 Å². The van der Waals surface area contributed by atoms with Crippen molar-refractivity contribution in [3.63, 3.8) is 0 Å². The van der Waals surface area contributed by atoms with Gasteiger partial charge in [-0.2, -0.15) is 0 Å². The number of nitrogens with one attached hydrogen (secondary N) is 1. The van der Waals surface area contributed by atoms with Crippen molar-refractivity contribution in [2.75, 3.05) is 13.1 Å². The normalized spacial score (nSPS) is 77.2. The van der Waals surface area contributed by atoms with Crippen LogP contribution in [0.3, 0.4) is 0 Å². The fourth-order valence-electron chi connectivity index (χ4n) is 0.333. The maximum absolute atomic E-state index is 9.00. The van der Waals surface area contributed by atoms with Gasteiger partial charge in [0.05, 0.1) is 7.45 Å². The Hall–Kier alpha value is -0.0800. The second-order valence-corrected chi connectivity index (χ2v) is 1.12.